The van der Waals surface area contributed by atoms with Crippen LogP contribution in [-0.4, -0.2) is 40.5 Å². The lowest BCUT2D eigenvalue weighted by Crippen LogP contribution is -2.55. The van der Waals surface area contributed by atoms with Crippen LogP contribution in [0.1, 0.15) is 32.3 Å². The topological polar surface area (TPSA) is 50.2 Å². The molecule has 5 rings (SSSR count). The predicted octanol–water partition coefficient (Wildman–Crippen LogP) is 4.39. The summed E-state index contributed by atoms with van der Waals surface area (Å²) in [7, 11) is 0. The van der Waals surface area contributed by atoms with Crippen molar-refractivity contribution >= 4 is 40.1 Å². The number of benzene rings is 1. The van der Waals surface area contributed by atoms with E-state index in [4.69, 9.17) is 11.6 Å². The highest BCUT2D eigenvalue weighted by molar-refractivity contribution is 7.99. The van der Waals surface area contributed by atoms with Gasteiger partial charge < -0.3 is 10.2 Å². The standard InChI is InChI=1S/C21H24ClF3N4OS/c1-10-6-28(7-11(2)26-10)19-14-5-15(21(23,24)25)16(22)18-17(14)29(20(30)27-19)8-13(9-31-18)12-3-4-12/h5,10-13,26H,3-4,6-9H2,1-2H3/t10-,11+,13-/m1/s1. The summed E-state index contributed by atoms with van der Waals surface area (Å²) in [4.78, 5) is 19.8. The van der Waals surface area contributed by atoms with E-state index in [0.29, 0.717) is 52.9 Å². The Morgan fingerprint density at radius 2 is 1.84 bits per heavy atom. The molecule has 3 heterocycles. The first-order chi connectivity index (χ1) is 14.6. The molecule has 2 aromatic rings. The Morgan fingerprint density at radius 1 is 1.16 bits per heavy atom. The second kappa shape index (κ2) is 7.56. The Balaban J connectivity index is 1.78. The Hall–Kier alpha value is -1.45. The average Bonchev–Trinajstić information content (AvgIpc) is 3.50. The van der Waals surface area contributed by atoms with E-state index in [1.165, 1.54) is 11.8 Å². The van der Waals surface area contributed by atoms with E-state index >= 15 is 0 Å². The number of halogens is 4. The van der Waals surface area contributed by atoms with Gasteiger partial charge in [-0.15, -0.1) is 11.8 Å². The van der Waals surface area contributed by atoms with Gasteiger partial charge in [-0.3, -0.25) is 4.57 Å². The predicted molar refractivity (Wildman–Crippen MR) is 117 cm³/mol. The van der Waals surface area contributed by atoms with Crippen molar-refractivity contribution in [3.63, 3.8) is 0 Å². The molecule has 5 nitrogen and oxygen atoms in total. The molecule has 1 aromatic heterocycles. The fraction of sp³-hybridized carbons (Fsp3) is 0.619. The van der Waals surface area contributed by atoms with Crippen LogP contribution in [0.3, 0.4) is 0 Å². The Morgan fingerprint density at radius 3 is 2.45 bits per heavy atom. The molecule has 1 N–H and O–H groups in total. The number of thioether (sulfide) groups is 1. The quantitative estimate of drug-likeness (QED) is 0.702. The van der Waals surface area contributed by atoms with Crippen molar-refractivity contribution in [1.82, 2.24) is 14.9 Å². The van der Waals surface area contributed by atoms with Crippen LogP contribution in [0.2, 0.25) is 5.02 Å². The number of nitrogens with one attached hydrogen (secondary N) is 1. The Kier molecular flexibility index (Phi) is 5.22. The van der Waals surface area contributed by atoms with E-state index in [1.807, 2.05) is 18.7 Å². The lowest BCUT2D eigenvalue weighted by atomic mass is 10.1. The number of nitrogens with zero attached hydrogens (tertiary/aromatic N) is 3. The number of aromatic nitrogens is 2. The third-order valence-electron chi connectivity index (χ3n) is 6.45. The highest BCUT2D eigenvalue weighted by Gasteiger charge is 2.39. The van der Waals surface area contributed by atoms with E-state index in [2.05, 4.69) is 10.3 Å². The second-order valence-electron chi connectivity index (χ2n) is 9.07. The molecule has 1 saturated heterocycles. The molecule has 2 aliphatic heterocycles. The largest absolute Gasteiger partial charge is 0.417 e. The van der Waals surface area contributed by atoms with Gasteiger partial charge in [-0.1, -0.05) is 11.6 Å². The Labute approximate surface area is 187 Å². The molecule has 0 radical (unpaired) electrons. The zero-order valence-corrected chi connectivity index (χ0v) is 18.9. The molecule has 0 unspecified atom stereocenters. The van der Waals surface area contributed by atoms with E-state index in [-0.39, 0.29) is 23.0 Å². The fourth-order valence-corrected chi connectivity index (χ4v) is 6.72. The number of hydrogen-bond acceptors (Lipinski definition) is 5. The van der Waals surface area contributed by atoms with E-state index in [0.717, 1.165) is 18.9 Å². The minimum Gasteiger partial charge on any atom is -0.353 e. The maximum absolute atomic E-state index is 13.9. The summed E-state index contributed by atoms with van der Waals surface area (Å²) in [6.45, 7) is 5.63. The summed E-state index contributed by atoms with van der Waals surface area (Å²) < 4.78 is 43.3. The lowest BCUT2D eigenvalue weighted by molar-refractivity contribution is -0.137. The molecule has 10 heteroatoms. The summed E-state index contributed by atoms with van der Waals surface area (Å²) in [5, 5.41) is 3.46. The average molecular weight is 473 g/mol. The van der Waals surface area contributed by atoms with Gasteiger partial charge in [0, 0.05) is 42.9 Å². The van der Waals surface area contributed by atoms with Crippen LogP contribution >= 0.6 is 23.4 Å². The molecule has 1 aromatic carbocycles. The van der Waals surface area contributed by atoms with Gasteiger partial charge in [0.2, 0.25) is 0 Å². The molecule has 0 spiro atoms. The monoisotopic (exact) mass is 472 g/mol. The zero-order valence-electron chi connectivity index (χ0n) is 17.3. The second-order valence-corrected chi connectivity index (χ2v) is 10.5. The van der Waals surface area contributed by atoms with Crippen molar-refractivity contribution in [3.05, 3.63) is 27.1 Å². The molecule has 2 fully saturated rings. The van der Waals surface area contributed by atoms with Crippen molar-refractivity contribution in [3.8, 4) is 0 Å². The number of alkyl halides is 3. The van der Waals surface area contributed by atoms with E-state index < -0.39 is 17.4 Å². The molecule has 1 saturated carbocycles. The molecule has 0 amide bonds. The van der Waals surface area contributed by atoms with Crippen LogP contribution in [0.5, 0.6) is 0 Å². The molecule has 1 aliphatic carbocycles. The number of piperazine rings is 1. The highest BCUT2D eigenvalue weighted by Crippen LogP contribution is 2.49. The van der Waals surface area contributed by atoms with Gasteiger partial charge in [0.15, 0.2) is 0 Å². The summed E-state index contributed by atoms with van der Waals surface area (Å²) >= 11 is 7.68. The third-order valence-corrected chi connectivity index (χ3v) is 8.23. The maximum atomic E-state index is 13.9. The molecule has 0 bridgehead atoms. The van der Waals surface area contributed by atoms with Crippen LogP contribution in [0, 0.1) is 11.8 Å². The summed E-state index contributed by atoms with van der Waals surface area (Å²) in [5.74, 6) is 1.72. The zero-order chi connectivity index (χ0) is 22.1. The highest BCUT2D eigenvalue weighted by atomic mass is 35.5. The van der Waals surface area contributed by atoms with Crippen molar-refractivity contribution in [2.75, 3.05) is 23.7 Å². The van der Waals surface area contributed by atoms with E-state index in [1.54, 1.807) is 4.57 Å². The minimum atomic E-state index is -4.59. The number of anilines is 1. The van der Waals surface area contributed by atoms with Crippen molar-refractivity contribution in [2.45, 2.75) is 56.4 Å². The summed E-state index contributed by atoms with van der Waals surface area (Å²) in [6, 6.07) is 1.34. The first kappa shape index (κ1) is 21.4. The molecule has 31 heavy (non-hydrogen) atoms. The van der Waals surface area contributed by atoms with Gasteiger partial charge in [-0.2, -0.15) is 18.2 Å². The van der Waals surface area contributed by atoms with Crippen molar-refractivity contribution in [2.24, 2.45) is 11.8 Å². The van der Waals surface area contributed by atoms with Gasteiger partial charge in [0.25, 0.3) is 0 Å². The van der Waals surface area contributed by atoms with E-state index in [9.17, 15) is 18.0 Å². The van der Waals surface area contributed by atoms with Gasteiger partial charge in [-0.25, -0.2) is 4.79 Å². The molecule has 3 atom stereocenters. The summed E-state index contributed by atoms with van der Waals surface area (Å²) in [5.41, 5.74) is -0.773. The van der Waals surface area contributed by atoms with Gasteiger partial charge >= 0.3 is 11.9 Å². The summed E-state index contributed by atoms with van der Waals surface area (Å²) in [6.07, 6.45) is -2.39. The maximum Gasteiger partial charge on any atom is 0.417 e. The van der Waals surface area contributed by atoms with Gasteiger partial charge in [-0.05, 0) is 44.6 Å². The van der Waals surface area contributed by atoms with Crippen molar-refractivity contribution < 1.29 is 13.2 Å². The Bertz CT molecular complexity index is 1090. The first-order valence-corrected chi connectivity index (χ1v) is 12.0. The van der Waals surface area contributed by atoms with Crippen LogP contribution in [-0.2, 0) is 12.7 Å². The lowest BCUT2D eigenvalue weighted by Gasteiger charge is -2.37. The normalized spacial score (nSPS) is 26.9. The third kappa shape index (κ3) is 3.82. The number of hydrogen-bond donors (Lipinski definition) is 1. The number of rotatable bonds is 2. The fourth-order valence-electron chi connectivity index (χ4n) is 4.95. The SMILES string of the molecule is C[C@@H]1CN(c2nc(=O)n3c4c(c(Cl)c(C(F)(F)F)cc24)SC[C@H](C2CC2)C3)C[C@H](C)N1. The molecule has 168 valence electrons. The smallest absolute Gasteiger partial charge is 0.353 e. The molecule has 3 aliphatic rings. The van der Waals surface area contributed by atoms with Gasteiger partial charge in [0.1, 0.15) is 5.82 Å². The van der Waals surface area contributed by atoms with Crippen LogP contribution in [0.4, 0.5) is 19.0 Å². The first-order valence-electron chi connectivity index (χ1n) is 10.6. The molecular weight excluding hydrogens is 449 g/mol. The van der Waals surface area contributed by atoms with Gasteiger partial charge in [0.05, 0.1) is 21.0 Å². The van der Waals surface area contributed by atoms with Crippen LogP contribution in [0.25, 0.3) is 10.9 Å². The van der Waals surface area contributed by atoms with Crippen LogP contribution < -0.4 is 15.9 Å². The van der Waals surface area contributed by atoms with Crippen molar-refractivity contribution in [1.29, 1.82) is 0 Å². The molecular formula is C21H24ClF3N4OS. The van der Waals surface area contributed by atoms with Crippen LogP contribution in [0.15, 0.2) is 15.8 Å². The minimum absolute atomic E-state index is 0.126.